The van der Waals surface area contributed by atoms with E-state index in [1.807, 2.05) is 31.2 Å². The lowest BCUT2D eigenvalue weighted by molar-refractivity contribution is 0.561. The lowest BCUT2D eigenvalue weighted by atomic mass is 10.1. The Bertz CT molecular complexity index is 711. The molecule has 0 fully saturated rings. The monoisotopic (exact) mass is 307 g/mol. The van der Waals surface area contributed by atoms with E-state index in [1.165, 1.54) is 18.2 Å². The molecule has 0 aromatic heterocycles. The normalized spacial score (nSPS) is 13.1. The molecule has 0 saturated carbocycles. The van der Waals surface area contributed by atoms with Crippen molar-refractivity contribution in [3.63, 3.8) is 0 Å². The lowest BCUT2D eigenvalue weighted by Crippen LogP contribution is -2.28. The van der Waals surface area contributed by atoms with Crippen molar-refractivity contribution in [2.24, 2.45) is 0 Å². The van der Waals surface area contributed by atoms with Gasteiger partial charge in [-0.1, -0.05) is 48.0 Å². The maximum Gasteiger partial charge on any atom is 0.216 e. The Labute approximate surface area is 124 Å². The number of sulfonamides is 1. The first-order valence-electron chi connectivity index (χ1n) is 6.67. The maximum absolute atomic E-state index is 13.5. The molecule has 0 radical (unpaired) electrons. The molecule has 112 valence electrons. The van der Waals surface area contributed by atoms with E-state index in [-0.39, 0.29) is 17.4 Å². The largest absolute Gasteiger partial charge is 0.216 e. The van der Waals surface area contributed by atoms with Crippen molar-refractivity contribution >= 4 is 10.0 Å². The summed E-state index contributed by atoms with van der Waals surface area (Å²) in [6, 6.07) is 13.2. The van der Waals surface area contributed by atoms with Gasteiger partial charge in [-0.3, -0.25) is 0 Å². The van der Waals surface area contributed by atoms with Gasteiger partial charge in [0, 0.05) is 11.6 Å². The standard InChI is InChI=1S/C16H18FNO2S/c1-12-7-9-14(10-8-12)13(2)18-21(19,20)11-15-5-3-4-6-16(15)17/h3-10,13,18H,11H2,1-2H3/t13-/m0/s1. The zero-order chi connectivity index (χ0) is 15.5. The van der Waals surface area contributed by atoms with E-state index in [1.54, 1.807) is 13.0 Å². The van der Waals surface area contributed by atoms with Crippen molar-refractivity contribution in [3.05, 3.63) is 71.0 Å². The van der Waals surface area contributed by atoms with E-state index < -0.39 is 15.8 Å². The number of hydrogen-bond donors (Lipinski definition) is 1. The third-order valence-electron chi connectivity index (χ3n) is 3.24. The molecule has 0 aliphatic heterocycles. The minimum atomic E-state index is -3.60. The van der Waals surface area contributed by atoms with E-state index >= 15 is 0 Å². The van der Waals surface area contributed by atoms with Crippen molar-refractivity contribution in [1.82, 2.24) is 4.72 Å². The van der Waals surface area contributed by atoms with Crippen LogP contribution in [0.3, 0.4) is 0 Å². The molecule has 0 aliphatic rings. The molecule has 0 saturated heterocycles. The highest BCUT2D eigenvalue weighted by molar-refractivity contribution is 7.88. The van der Waals surface area contributed by atoms with Gasteiger partial charge in [-0.2, -0.15) is 0 Å². The topological polar surface area (TPSA) is 46.2 Å². The van der Waals surface area contributed by atoms with Crippen LogP contribution in [-0.2, 0) is 15.8 Å². The van der Waals surface area contributed by atoms with Crippen LogP contribution < -0.4 is 4.72 Å². The Morgan fingerprint density at radius 2 is 1.71 bits per heavy atom. The molecule has 0 unspecified atom stereocenters. The summed E-state index contributed by atoms with van der Waals surface area (Å²) in [5, 5.41) is 0. The fraction of sp³-hybridized carbons (Fsp3) is 0.250. The summed E-state index contributed by atoms with van der Waals surface area (Å²) < 4.78 is 40.4. The van der Waals surface area contributed by atoms with Crippen LogP contribution >= 0.6 is 0 Å². The van der Waals surface area contributed by atoms with E-state index in [2.05, 4.69) is 4.72 Å². The number of halogens is 1. The predicted octanol–water partition coefficient (Wildman–Crippen LogP) is 3.31. The first-order chi connectivity index (χ1) is 9.87. The zero-order valence-corrected chi connectivity index (χ0v) is 12.8. The van der Waals surface area contributed by atoms with Crippen LogP contribution in [0.2, 0.25) is 0 Å². The fourth-order valence-corrected chi connectivity index (χ4v) is 3.46. The minimum absolute atomic E-state index is 0.168. The molecule has 0 heterocycles. The molecule has 21 heavy (non-hydrogen) atoms. The Kier molecular flexibility index (Phi) is 4.75. The average Bonchev–Trinajstić information content (AvgIpc) is 2.41. The van der Waals surface area contributed by atoms with Gasteiger partial charge in [0.05, 0.1) is 5.75 Å². The highest BCUT2D eigenvalue weighted by Gasteiger charge is 2.18. The SMILES string of the molecule is Cc1ccc([C@H](C)NS(=O)(=O)Cc2ccccc2F)cc1. The Balaban J connectivity index is 2.10. The van der Waals surface area contributed by atoms with Crippen LogP contribution in [-0.4, -0.2) is 8.42 Å². The zero-order valence-electron chi connectivity index (χ0n) is 12.0. The summed E-state index contributed by atoms with van der Waals surface area (Å²) in [6.45, 7) is 3.74. The minimum Gasteiger partial charge on any atom is -0.212 e. The number of hydrogen-bond acceptors (Lipinski definition) is 2. The van der Waals surface area contributed by atoms with Crippen molar-refractivity contribution in [2.75, 3.05) is 0 Å². The summed E-state index contributed by atoms with van der Waals surface area (Å²) in [5.74, 6) is -0.874. The second-order valence-corrected chi connectivity index (χ2v) is 6.85. The van der Waals surface area contributed by atoms with Crippen molar-refractivity contribution in [2.45, 2.75) is 25.6 Å². The Morgan fingerprint density at radius 3 is 2.33 bits per heavy atom. The molecule has 1 atom stereocenters. The Morgan fingerprint density at radius 1 is 1.10 bits per heavy atom. The van der Waals surface area contributed by atoms with E-state index in [9.17, 15) is 12.8 Å². The molecular weight excluding hydrogens is 289 g/mol. The van der Waals surface area contributed by atoms with Gasteiger partial charge in [0.15, 0.2) is 0 Å². The van der Waals surface area contributed by atoms with Gasteiger partial charge in [-0.05, 0) is 25.5 Å². The Hall–Kier alpha value is -1.72. The smallest absolute Gasteiger partial charge is 0.212 e. The second kappa shape index (κ2) is 6.37. The quantitative estimate of drug-likeness (QED) is 0.921. The van der Waals surface area contributed by atoms with Crippen molar-refractivity contribution < 1.29 is 12.8 Å². The molecule has 2 rings (SSSR count). The van der Waals surface area contributed by atoms with Crippen LogP contribution in [0, 0.1) is 12.7 Å². The van der Waals surface area contributed by atoms with E-state index in [0.717, 1.165) is 11.1 Å². The molecule has 2 aromatic rings. The molecule has 0 aliphatic carbocycles. The van der Waals surface area contributed by atoms with Gasteiger partial charge in [0.25, 0.3) is 0 Å². The summed E-state index contributed by atoms with van der Waals surface area (Å²) in [6.07, 6.45) is 0. The third kappa shape index (κ3) is 4.37. The molecule has 5 heteroatoms. The van der Waals surface area contributed by atoms with Crippen LogP contribution in [0.1, 0.15) is 29.7 Å². The first kappa shape index (κ1) is 15.7. The molecule has 0 spiro atoms. The number of aryl methyl sites for hydroxylation is 1. The van der Waals surface area contributed by atoms with Gasteiger partial charge < -0.3 is 0 Å². The maximum atomic E-state index is 13.5. The van der Waals surface area contributed by atoms with Gasteiger partial charge in [-0.25, -0.2) is 17.5 Å². The van der Waals surface area contributed by atoms with Crippen LogP contribution in [0.4, 0.5) is 4.39 Å². The van der Waals surface area contributed by atoms with Gasteiger partial charge >= 0.3 is 0 Å². The van der Waals surface area contributed by atoms with E-state index in [0.29, 0.717) is 0 Å². The summed E-state index contributed by atoms with van der Waals surface area (Å²) in [4.78, 5) is 0. The third-order valence-corrected chi connectivity index (χ3v) is 4.64. The summed E-state index contributed by atoms with van der Waals surface area (Å²) in [7, 11) is -3.60. The molecule has 1 N–H and O–H groups in total. The van der Waals surface area contributed by atoms with Crippen molar-refractivity contribution in [1.29, 1.82) is 0 Å². The number of benzene rings is 2. The van der Waals surface area contributed by atoms with Gasteiger partial charge in [0.1, 0.15) is 5.82 Å². The molecule has 2 aromatic carbocycles. The number of nitrogens with one attached hydrogen (secondary N) is 1. The predicted molar refractivity (Wildman–Crippen MR) is 81.8 cm³/mol. The summed E-state index contributed by atoms with van der Waals surface area (Å²) >= 11 is 0. The van der Waals surface area contributed by atoms with Gasteiger partial charge in [0.2, 0.25) is 10.0 Å². The summed E-state index contributed by atoms with van der Waals surface area (Å²) in [5.41, 5.74) is 2.15. The number of rotatable bonds is 5. The molecule has 0 bridgehead atoms. The molecule has 0 amide bonds. The average molecular weight is 307 g/mol. The molecular formula is C16H18FNO2S. The highest BCUT2D eigenvalue weighted by Crippen LogP contribution is 2.16. The first-order valence-corrected chi connectivity index (χ1v) is 8.32. The van der Waals surface area contributed by atoms with Crippen molar-refractivity contribution in [3.8, 4) is 0 Å². The highest BCUT2D eigenvalue weighted by atomic mass is 32.2. The molecule has 3 nitrogen and oxygen atoms in total. The fourth-order valence-electron chi connectivity index (χ4n) is 2.05. The van der Waals surface area contributed by atoms with Gasteiger partial charge in [-0.15, -0.1) is 0 Å². The van der Waals surface area contributed by atoms with Crippen LogP contribution in [0.25, 0.3) is 0 Å². The van der Waals surface area contributed by atoms with E-state index in [4.69, 9.17) is 0 Å². The van der Waals surface area contributed by atoms with Crippen LogP contribution in [0.5, 0.6) is 0 Å². The second-order valence-electron chi connectivity index (χ2n) is 5.10. The lowest BCUT2D eigenvalue weighted by Gasteiger charge is -2.15. The van der Waals surface area contributed by atoms with Crippen LogP contribution in [0.15, 0.2) is 48.5 Å².